The molecule has 2 aliphatic rings. The maximum Gasteiger partial charge on any atom is 0.0922 e. The Morgan fingerprint density at radius 2 is 2.14 bits per heavy atom. The number of fused-ring (bicyclic) bond motifs is 1. The second-order valence-electron chi connectivity index (χ2n) is 6.36. The molecule has 2 heterocycles. The van der Waals surface area contributed by atoms with Crippen LogP contribution in [0.2, 0.25) is 0 Å². The highest BCUT2D eigenvalue weighted by atomic mass is 15.3. The Bertz CT molecular complexity index is 580. The highest BCUT2D eigenvalue weighted by molar-refractivity contribution is 5.24. The van der Waals surface area contributed by atoms with Crippen LogP contribution in [-0.4, -0.2) is 19.7 Å². The number of imidazole rings is 1. The summed E-state index contributed by atoms with van der Waals surface area (Å²) in [5.74, 6) is 0. The quantitative estimate of drug-likeness (QED) is 0.908. The minimum atomic E-state index is 0.389. The van der Waals surface area contributed by atoms with Crippen molar-refractivity contribution in [2.45, 2.75) is 63.6 Å². The zero-order valence-corrected chi connectivity index (χ0v) is 12.4. The van der Waals surface area contributed by atoms with Crippen LogP contribution in [0, 0.1) is 0 Å². The van der Waals surface area contributed by atoms with Crippen LogP contribution in [0.15, 0.2) is 18.7 Å². The molecule has 2 N–H and O–H groups in total. The van der Waals surface area contributed by atoms with Crippen molar-refractivity contribution in [1.29, 1.82) is 0 Å². The van der Waals surface area contributed by atoms with E-state index in [0.717, 1.165) is 12.2 Å². The summed E-state index contributed by atoms with van der Waals surface area (Å²) in [7, 11) is 0. The molecular formula is C16H23N5. The zero-order valence-electron chi connectivity index (χ0n) is 12.4. The Kier molecular flexibility index (Phi) is 3.51. The minimum absolute atomic E-state index is 0.389. The summed E-state index contributed by atoms with van der Waals surface area (Å²) in [6.45, 7) is 0.834. The van der Waals surface area contributed by atoms with Gasteiger partial charge in [-0.1, -0.05) is 12.8 Å². The van der Waals surface area contributed by atoms with Crippen LogP contribution >= 0.6 is 0 Å². The molecule has 4 rings (SSSR count). The van der Waals surface area contributed by atoms with Gasteiger partial charge in [0.1, 0.15) is 0 Å². The van der Waals surface area contributed by atoms with Crippen LogP contribution in [0.25, 0.3) is 0 Å². The third-order valence-electron chi connectivity index (χ3n) is 4.90. The molecule has 1 atom stereocenters. The van der Waals surface area contributed by atoms with E-state index < -0.39 is 0 Å². The second kappa shape index (κ2) is 5.64. The van der Waals surface area contributed by atoms with Crippen molar-refractivity contribution in [2.75, 3.05) is 0 Å². The summed E-state index contributed by atoms with van der Waals surface area (Å²) in [4.78, 5) is 7.22. The largest absolute Gasteiger partial charge is 0.347 e. The van der Waals surface area contributed by atoms with Gasteiger partial charge in [0.2, 0.25) is 0 Å². The van der Waals surface area contributed by atoms with Crippen LogP contribution in [-0.2, 0) is 13.0 Å². The normalized spacial score (nSPS) is 22.6. The van der Waals surface area contributed by atoms with Gasteiger partial charge in [-0.25, -0.2) is 4.98 Å². The molecule has 21 heavy (non-hydrogen) atoms. The molecular weight excluding hydrogens is 262 g/mol. The highest BCUT2D eigenvalue weighted by Gasteiger charge is 2.26. The fourth-order valence-electron chi connectivity index (χ4n) is 3.73. The molecule has 5 nitrogen and oxygen atoms in total. The summed E-state index contributed by atoms with van der Waals surface area (Å²) in [6.07, 6.45) is 14.9. The molecule has 112 valence electrons. The van der Waals surface area contributed by atoms with Gasteiger partial charge in [0.05, 0.1) is 24.1 Å². The molecule has 0 aliphatic heterocycles. The van der Waals surface area contributed by atoms with Gasteiger partial charge in [0, 0.05) is 24.6 Å². The second-order valence-corrected chi connectivity index (χ2v) is 6.36. The van der Waals surface area contributed by atoms with Gasteiger partial charge in [-0.05, 0) is 37.7 Å². The third kappa shape index (κ3) is 2.62. The van der Waals surface area contributed by atoms with Crippen LogP contribution in [0.5, 0.6) is 0 Å². The SMILES string of the molecule is c1ncc(CNC2CCCc3cn(C4CCCC4)nc32)[nH]1. The number of aromatic amines is 1. The number of nitrogens with zero attached hydrogens (tertiary/aromatic N) is 3. The fourth-order valence-corrected chi connectivity index (χ4v) is 3.73. The highest BCUT2D eigenvalue weighted by Crippen LogP contribution is 2.33. The zero-order chi connectivity index (χ0) is 14.1. The Labute approximate surface area is 125 Å². The number of rotatable bonds is 4. The van der Waals surface area contributed by atoms with Gasteiger partial charge in [-0.2, -0.15) is 5.10 Å². The average Bonchev–Trinajstić information content (AvgIpc) is 3.23. The number of nitrogens with one attached hydrogen (secondary N) is 2. The lowest BCUT2D eigenvalue weighted by Gasteiger charge is -2.22. The Hall–Kier alpha value is -1.62. The molecule has 0 bridgehead atoms. The average molecular weight is 285 g/mol. The minimum Gasteiger partial charge on any atom is -0.347 e. The summed E-state index contributed by atoms with van der Waals surface area (Å²) in [5, 5.41) is 8.58. The number of H-pyrrole nitrogens is 1. The first-order valence-electron chi connectivity index (χ1n) is 8.19. The van der Waals surface area contributed by atoms with E-state index >= 15 is 0 Å². The van der Waals surface area contributed by atoms with Gasteiger partial charge >= 0.3 is 0 Å². The van der Waals surface area contributed by atoms with E-state index in [0.29, 0.717) is 12.1 Å². The van der Waals surface area contributed by atoms with E-state index in [1.165, 1.54) is 56.2 Å². The maximum absolute atomic E-state index is 4.94. The van der Waals surface area contributed by atoms with Gasteiger partial charge in [0.15, 0.2) is 0 Å². The van der Waals surface area contributed by atoms with Crippen molar-refractivity contribution in [2.24, 2.45) is 0 Å². The van der Waals surface area contributed by atoms with E-state index in [4.69, 9.17) is 5.10 Å². The first kappa shape index (κ1) is 13.1. The molecule has 1 unspecified atom stereocenters. The Morgan fingerprint density at radius 1 is 1.24 bits per heavy atom. The molecule has 1 fully saturated rings. The predicted molar refractivity (Wildman–Crippen MR) is 80.8 cm³/mol. The smallest absolute Gasteiger partial charge is 0.0922 e. The van der Waals surface area contributed by atoms with Gasteiger partial charge in [-0.15, -0.1) is 0 Å². The van der Waals surface area contributed by atoms with Gasteiger partial charge in [-0.3, -0.25) is 4.68 Å². The van der Waals surface area contributed by atoms with Crippen LogP contribution in [0.1, 0.15) is 67.6 Å². The molecule has 2 aromatic heterocycles. The molecule has 2 aliphatic carbocycles. The molecule has 2 aromatic rings. The number of aromatic nitrogens is 4. The third-order valence-corrected chi connectivity index (χ3v) is 4.90. The first-order valence-corrected chi connectivity index (χ1v) is 8.19. The molecule has 0 spiro atoms. The molecule has 0 aromatic carbocycles. The topological polar surface area (TPSA) is 58.5 Å². The van der Waals surface area contributed by atoms with Crippen molar-refractivity contribution < 1.29 is 0 Å². The fraction of sp³-hybridized carbons (Fsp3) is 0.625. The van der Waals surface area contributed by atoms with E-state index in [-0.39, 0.29) is 0 Å². The van der Waals surface area contributed by atoms with Crippen molar-refractivity contribution in [3.63, 3.8) is 0 Å². The van der Waals surface area contributed by atoms with Crippen molar-refractivity contribution in [3.05, 3.63) is 35.7 Å². The summed E-state index contributed by atoms with van der Waals surface area (Å²) < 4.78 is 2.26. The van der Waals surface area contributed by atoms with E-state index in [1.54, 1.807) is 6.33 Å². The van der Waals surface area contributed by atoms with Gasteiger partial charge in [0.25, 0.3) is 0 Å². The van der Waals surface area contributed by atoms with Crippen LogP contribution in [0.4, 0.5) is 0 Å². The van der Waals surface area contributed by atoms with Crippen LogP contribution in [0.3, 0.4) is 0 Å². The first-order chi connectivity index (χ1) is 10.4. The summed E-state index contributed by atoms with van der Waals surface area (Å²) >= 11 is 0. The Morgan fingerprint density at radius 3 is 2.95 bits per heavy atom. The van der Waals surface area contributed by atoms with E-state index in [1.807, 2.05) is 6.20 Å². The number of aryl methyl sites for hydroxylation is 1. The standard InChI is InChI=1S/C16H23N5/c1-2-6-14(5-1)21-10-12-4-3-7-15(16(12)20-21)18-9-13-8-17-11-19-13/h8,10-11,14-15,18H,1-7,9H2,(H,17,19). The lowest BCUT2D eigenvalue weighted by atomic mass is 9.94. The van der Waals surface area contributed by atoms with Crippen LogP contribution < -0.4 is 5.32 Å². The van der Waals surface area contributed by atoms with Crippen molar-refractivity contribution in [3.8, 4) is 0 Å². The predicted octanol–water partition coefficient (Wildman–Crippen LogP) is 2.89. The van der Waals surface area contributed by atoms with Crippen molar-refractivity contribution >= 4 is 0 Å². The molecule has 0 radical (unpaired) electrons. The summed E-state index contributed by atoms with van der Waals surface area (Å²) in [6, 6.07) is 1.03. The Balaban J connectivity index is 1.50. The molecule has 0 saturated heterocycles. The lowest BCUT2D eigenvalue weighted by molar-refractivity contribution is 0.426. The molecule has 0 amide bonds. The van der Waals surface area contributed by atoms with Gasteiger partial charge < -0.3 is 10.3 Å². The maximum atomic E-state index is 4.94. The molecule has 1 saturated carbocycles. The van der Waals surface area contributed by atoms with Crippen molar-refractivity contribution in [1.82, 2.24) is 25.1 Å². The number of hydrogen-bond donors (Lipinski definition) is 2. The summed E-state index contributed by atoms with van der Waals surface area (Å²) in [5.41, 5.74) is 3.88. The monoisotopic (exact) mass is 285 g/mol. The molecule has 5 heteroatoms. The van der Waals surface area contributed by atoms with E-state index in [9.17, 15) is 0 Å². The lowest BCUT2D eigenvalue weighted by Crippen LogP contribution is -2.25. The number of hydrogen-bond acceptors (Lipinski definition) is 3. The van der Waals surface area contributed by atoms with E-state index in [2.05, 4.69) is 26.2 Å².